The zero-order valence-electron chi connectivity index (χ0n) is 18.3. The summed E-state index contributed by atoms with van der Waals surface area (Å²) in [6, 6.07) is 15.8. The first-order valence-electron chi connectivity index (χ1n) is 10.6. The summed E-state index contributed by atoms with van der Waals surface area (Å²) in [7, 11) is 0. The Morgan fingerprint density at radius 3 is 1.74 bits per heavy atom. The summed E-state index contributed by atoms with van der Waals surface area (Å²) in [5.41, 5.74) is 4.15. The predicted octanol–water partition coefficient (Wildman–Crippen LogP) is 8.88. The molecule has 1 atom stereocenters. The summed E-state index contributed by atoms with van der Waals surface area (Å²) in [5.74, 6) is 1.22. The summed E-state index contributed by atoms with van der Waals surface area (Å²) in [6.45, 7) is 5.11. The van der Waals surface area contributed by atoms with Crippen LogP contribution in [-0.2, 0) is 4.74 Å². The molecule has 0 aliphatic carbocycles. The van der Waals surface area contributed by atoms with Crippen molar-refractivity contribution in [3.05, 3.63) is 94.8 Å². The molecule has 1 aliphatic rings. The number of fused-ring (bicyclic) bond motifs is 1. The Hall–Kier alpha value is -1.61. The fourth-order valence-electron chi connectivity index (χ4n) is 3.77. The van der Waals surface area contributed by atoms with E-state index in [-0.39, 0.29) is 5.97 Å². The van der Waals surface area contributed by atoms with Gasteiger partial charge in [0.15, 0.2) is 0 Å². The van der Waals surface area contributed by atoms with Crippen LogP contribution in [0.3, 0.4) is 0 Å². The van der Waals surface area contributed by atoms with Crippen molar-refractivity contribution in [2.75, 3.05) is 13.2 Å². The lowest BCUT2D eigenvalue weighted by molar-refractivity contribution is 0.0467. The van der Waals surface area contributed by atoms with E-state index in [1.165, 1.54) is 0 Å². The topological polar surface area (TPSA) is 44.8 Å². The maximum Gasteiger partial charge on any atom is 0.340 e. The van der Waals surface area contributed by atoms with E-state index in [2.05, 4.69) is 63.7 Å². The molecule has 3 aromatic rings. The van der Waals surface area contributed by atoms with Crippen LogP contribution in [0, 0.1) is 0 Å². The second kappa shape index (κ2) is 11.0. The molecule has 34 heavy (non-hydrogen) atoms. The van der Waals surface area contributed by atoms with Gasteiger partial charge in [-0.15, -0.1) is 0 Å². The summed E-state index contributed by atoms with van der Waals surface area (Å²) in [4.78, 5) is 12.8. The molecule has 0 spiro atoms. The molecule has 4 rings (SSSR count). The van der Waals surface area contributed by atoms with Gasteiger partial charge in [-0.05, 0) is 125 Å². The molecule has 3 aromatic carbocycles. The predicted molar refractivity (Wildman–Crippen MR) is 148 cm³/mol. The second-order valence-corrected chi connectivity index (χ2v) is 10.5. The van der Waals surface area contributed by atoms with Crippen LogP contribution in [0.2, 0.25) is 0 Å². The zero-order valence-corrected chi connectivity index (χ0v) is 24.7. The number of hydrogen-bond acceptors (Lipinski definition) is 4. The number of esters is 1. The van der Waals surface area contributed by atoms with Gasteiger partial charge in [0.2, 0.25) is 0 Å². The minimum atomic E-state index is -0.578. The van der Waals surface area contributed by atoms with Gasteiger partial charge in [0.25, 0.3) is 0 Å². The molecule has 0 fully saturated rings. The third-order valence-electron chi connectivity index (χ3n) is 5.30. The van der Waals surface area contributed by atoms with E-state index in [4.69, 9.17) is 14.2 Å². The summed E-state index contributed by atoms with van der Waals surface area (Å²) in [5, 5.41) is 0. The van der Waals surface area contributed by atoms with Gasteiger partial charge < -0.3 is 14.2 Å². The quantitative estimate of drug-likeness (QED) is 0.139. The van der Waals surface area contributed by atoms with E-state index >= 15 is 0 Å². The molecule has 1 aliphatic heterocycles. The smallest absolute Gasteiger partial charge is 0.340 e. The molecule has 0 saturated carbocycles. The van der Waals surface area contributed by atoms with Gasteiger partial charge in [0.05, 0.1) is 18.8 Å². The number of ether oxygens (including phenoxy) is 3. The van der Waals surface area contributed by atoms with E-state index in [1.54, 1.807) is 0 Å². The van der Waals surface area contributed by atoms with Crippen molar-refractivity contribution >= 4 is 75.3 Å². The van der Waals surface area contributed by atoms with E-state index in [0.717, 1.165) is 47.2 Å². The van der Waals surface area contributed by atoms with Gasteiger partial charge in [0, 0.05) is 23.5 Å². The zero-order chi connectivity index (χ0) is 24.4. The Morgan fingerprint density at radius 1 is 0.794 bits per heavy atom. The summed E-state index contributed by atoms with van der Waals surface area (Å²) < 4.78 is 20.0. The summed E-state index contributed by atoms with van der Waals surface area (Å²) in [6.07, 6.45) is 1.40. The summed E-state index contributed by atoms with van der Waals surface area (Å²) >= 11 is 14.3. The van der Waals surface area contributed by atoms with Gasteiger partial charge >= 0.3 is 5.97 Å². The van der Waals surface area contributed by atoms with Crippen LogP contribution >= 0.6 is 63.7 Å². The minimum Gasteiger partial charge on any atom is -0.494 e. The van der Waals surface area contributed by atoms with Crippen molar-refractivity contribution in [3.8, 4) is 11.5 Å². The molecule has 0 aromatic heterocycles. The highest BCUT2D eigenvalue weighted by Crippen LogP contribution is 2.49. The van der Waals surface area contributed by atoms with Crippen molar-refractivity contribution in [1.29, 1.82) is 0 Å². The molecule has 0 radical (unpaired) electrons. The van der Waals surface area contributed by atoms with E-state index in [0.29, 0.717) is 23.2 Å². The fraction of sp³-hybridized carbons (Fsp3) is 0.192. The van der Waals surface area contributed by atoms with Crippen molar-refractivity contribution in [2.24, 2.45) is 0 Å². The Bertz CT molecular complexity index is 1200. The van der Waals surface area contributed by atoms with Crippen molar-refractivity contribution < 1.29 is 19.0 Å². The first kappa shape index (κ1) is 25.5. The second-order valence-electron chi connectivity index (χ2n) is 7.37. The first-order valence-corrected chi connectivity index (χ1v) is 13.8. The van der Waals surface area contributed by atoms with Crippen LogP contribution in [0.5, 0.6) is 11.5 Å². The number of carbonyl (C=O) groups excluding carboxylic acids is 1. The van der Waals surface area contributed by atoms with Crippen molar-refractivity contribution in [1.82, 2.24) is 0 Å². The Kier molecular flexibility index (Phi) is 8.23. The van der Waals surface area contributed by atoms with Gasteiger partial charge in [-0.3, -0.25) is 0 Å². The van der Waals surface area contributed by atoms with Crippen LogP contribution in [0.4, 0.5) is 0 Å². The molecule has 1 heterocycles. The minimum absolute atomic E-state index is 0.380. The average molecular weight is 716 g/mol. The average Bonchev–Trinajstić information content (AvgIpc) is 3.17. The number of halogens is 4. The largest absolute Gasteiger partial charge is 0.494 e. The number of rotatable bonds is 7. The highest BCUT2D eigenvalue weighted by molar-refractivity contribution is 9.15. The highest BCUT2D eigenvalue weighted by Gasteiger charge is 2.37. The molecular weight excluding hydrogens is 696 g/mol. The molecule has 0 bridgehead atoms. The Labute approximate surface area is 232 Å². The molecule has 0 N–H and O–H groups in total. The SMILES string of the molecule is CCOc1ccc(C(=CC2OC(=O)c3c(Br)c(Br)c(Br)c(Br)c32)c2ccc(OCC)cc2)cc1. The maximum atomic E-state index is 12.8. The lowest BCUT2D eigenvalue weighted by atomic mass is 9.94. The maximum absolute atomic E-state index is 12.8. The Morgan fingerprint density at radius 2 is 1.26 bits per heavy atom. The van der Waals surface area contributed by atoms with Crippen LogP contribution in [0.15, 0.2) is 72.5 Å². The lowest BCUT2D eigenvalue weighted by Gasteiger charge is -2.15. The van der Waals surface area contributed by atoms with Gasteiger partial charge in [-0.2, -0.15) is 0 Å². The molecule has 176 valence electrons. The standard InChI is InChI=1S/C26H20Br4O4/c1-3-32-16-9-5-14(6-10-16)18(15-7-11-17(12-8-15)33-4-2)13-19-20-21(26(31)34-19)23(28)25(30)24(29)22(20)27/h5-13,19H,3-4H2,1-2H3. The van der Waals surface area contributed by atoms with Crippen LogP contribution < -0.4 is 9.47 Å². The Balaban J connectivity index is 1.85. The van der Waals surface area contributed by atoms with Crippen LogP contribution in [0.1, 0.15) is 47.0 Å². The molecule has 0 amide bonds. The van der Waals surface area contributed by atoms with E-state index < -0.39 is 6.10 Å². The van der Waals surface area contributed by atoms with Crippen LogP contribution in [0.25, 0.3) is 5.57 Å². The van der Waals surface area contributed by atoms with Gasteiger partial charge in [0.1, 0.15) is 17.6 Å². The number of benzene rings is 3. The molecule has 8 heteroatoms. The number of carbonyl (C=O) groups is 1. The van der Waals surface area contributed by atoms with E-state index in [1.807, 2.05) is 68.5 Å². The third kappa shape index (κ3) is 5.01. The third-order valence-corrected chi connectivity index (χ3v) is 10.1. The van der Waals surface area contributed by atoms with Gasteiger partial charge in [-0.25, -0.2) is 4.79 Å². The normalized spacial score (nSPS) is 14.4. The first-order chi connectivity index (χ1) is 16.3. The monoisotopic (exact) mass is 712 g/mol. The van der Waals surface area contributed by atoms with Crippen LogP contribution in [-0.4, -0.2) is 19.2 Å². The highest BCUT2D eigenvalue weighted by atomic mass is 79.9. The lowest BCUT2D eigenvalue weighted by Crippen LogP contribution is -1.99. The van der Waals surface area contributed by atoms with E-state index in [9.17, 15) is 4.79 Å². The number of cyclic esters (lactones) is 1. The fourth-order valence-corrected chi connectivity index (χ4v) is 6.31. The molecule has 0 saturated heterocycles. The van der Waals surface area contributed by atoms with Crippen molar-refractivity contribution in [2.45, 2.75) is 20.0 Å². The molecule has 1 unspecified atom stereocenters. The van der Waals surface area contributed by atoms with Gasteiger partial charge in [-0.1, -0.05) is 24.3 Å². The molecular formula is C26H20Br4O4. The van der Waals surface area contributed by atoms with Crippen molar-refractivity contribution in [3.63, 3.8) is 0 Å². The number of hydrogen-bond donors (Lipinski definition) is 0. The molecule has 4 nitrogen and oxygen atoms in total.